The lowest BCUT2D eigenvalue weighted by Gasteiger charge is -2.13. The fraction of sp³-hybridized carbons (Fsp3) is 0.143. The van der Waals surface area contributed by atoms with Crippen LogP contribution in [-0.4, -0.2) is 5.11 Å². The molecule has 0 amide bonds. The molecular weight excluding hydrogens is 311 g/mol. The summed E-state index contributed by atoms with van der Waals surface area (Å²) in [5, 5.41) is 10.3. The Hall–Kier alpha value is -0.870. The number of rotatable bonds is 2. The highest BCUT2D eigenvalue weighted by Crippen LogP contribution is 2.25. The molecule has 0 saturated carbocycles. The number of aliphatic hydroxyl groups excluding tert-OH is 1. The molecule has 0 bridgehead atoms. The zero-order valence-corrected chi connectivity index (χ0v) is 11.2. The second-order valence-electron chi connectivity index (χ2n) is 3.83. The standard InChI is InChI=1S/C14H13IO/c1-10-6-8-11(9-7-10)14(16)12-4-2-3-5-13(12)15/h2-9,14,16H,1H3. The zero-order valence-electron chi connectivity index (χ0n) is 9.02. The van der Waals surface area contributed by atoms with E-state index in [2.05, 4.69) is 22.6 Å². The molecular formula is C14H13IO. The summed E-state index contributed by atoms with van der Waals surface area (Å²) in [7, 11) is 0. The Labute approximate surface area is 109 Å². The van der Waals surface area contributed by atoms with Crippen molar-refractivity contribution in [2.45, 2.75) is 13.0 Å². The summed E-state index contributed by atoms with van der Waals surface area (Å²) in [5.74, 6) is 0. The summed E-state index contributed by atoms with van der Waals surface area (Å²) < 4.78 is 1.09. The molecule has 1 unspecified atom stereocenters. The average Bonchev–Trinajstić information content (AvgIpc) is 2.30. The molecule has 82 valence electrons. The van der Waals surface area contributed by atoms with Crippen LogP contribution in [0, 0.1) is 10.5 Å². The largest absolute Gasteiger partial charge is 0.384 e. The van der Waals surface area contributed by atoms with Crippen molar-refractivity contribution >= 4 is 22.6 Å². The molecule has 2 heteroatoms. The third-order valence-electron chi connectivity index (χ3n) is 2.59. The normalized spacial score (nSPS) is 12.4. The molecule has 0 aliphatic heterocycles. The second kappa shape index (κ2) is 4.97. The van der Waals surface area contributed by atoms with Gasteiger partial charge in [0.15, 0.2) is 0 Å². The second-order valence-corrected chi connectivity index (χ2v) is 5.00. The highest BCUT2D eigenvalue weighted by molar-refractivity contribution is 14.1. The van der Waals surface area contributed by atoms with Crippen molar-refractivity contribution in [3.8, 4) is 0 Å². The molecule has 0 spiro atoms. The van der Waals surface area contributed by atoms with Gasteiger partial charge in [0.1, 0.15) is 6.10 Å². The minimum Gasteiger partial charge on any atom is -0.384 e. The first kappa shape index (κ1) is 11.6. The van der Waals surface area contributed by atoms with E-state index in [1.165, 1.54) is 5.56 Å². The van der Waals surface area contributed by atoms with E-state index in [4.69, 9.17) is 0 Å². The number of hydrogen-bond acceptors (Lipinski definition) is 1. The van der Waals surface area contributed by atoms with Crippen LogP contribution < -0.4 is 0 Å². The molecule has 0 saturated heterocycles. The van der Waals surface area contributed by atoms with Crippen molar-refractivity contribution in [2.75, 3.05) is 0 Å². The lowest BCUT2D eigenvalue weighted by Crippen LogP contribution is -2.01. The molecule has 1 nitrogen and oxygen atoms in total. The molecule has 2 rings (SSSR count). The Morgan fingerprint density at radius 3 is 2.25 bits per heavy atom. The summed E-state index contributed by atoms with van der Waals surface area (Å²) in [6, 6.07) is 15.9. The molecule has 0 aliphatic rings. The molecule has 16 heavy (non-hydrogen) atoms. The third-order valence-corrected chi connectivity index (χ3v) is 3.58. The van der Waals surface area contributed by atoms with Gasteiger partial charge in [-0.15, -0.1) is 0 Å². The topological polar surface area (TPSA) is 20.2 Å². The van der Waals surface area contributed by atoms with Gasteiger partial charge in [-0.2, -0.15) is 0 Å². The van der Waals surface area contributed by atoms with E-state index in [1.807, 2.05) is 55.5 Å². The van der Waals surface area contributed by atoms with E-state index >= 15 is 0 Å². The van der Waals surface area contributed by atoms with Crippen LogP contribution in [0.5, 0.6) is 0 Å². The summed E-state index contributed by atoms with van der Waals surface area (Å²) in [6.07, 6.45) is -0.534. The van der Waals surface area contributed by atoms with Crippen molar-refractivity contribution in [1.82, 2.24) is 0 Å². The van der Waals surface area contributed by atoms with Crippen molar-refractivity contribution < 1.29 is 5.11 Å². The highest BCUT2D eigenvalue weighted by atomic mass is 127. The number of aryl methyl sites for hydroxylation is 1. The SMILES string of the molecule is Cc1ccc(C(O)c2ccccc2I)cc1. The molecule has 2 aromatic carbocycles. The van der Waals surface area contributed by atoms with E-state index in [9.17, 15) is 5.11 Å². The molecule has 0 aliphatic carbocycles. The van der Waals surface area contributed by atoms with Crippen LogP contribution in [0.2, 0.25) is 0 Å². The summed E-state index contributed by atoms with van der Waals surface area (Å²) in [5.41, 5.74) is 3.11. The van der Waals surface area contributed by atoms with Gasteiger partial charge in [0.2, 0.25) is 0 Å². The maximum absolute atomic E-state index is 10.3. The number of halogens is 1. The maximum Gasteiger partial charge on any atom is 0.105 e. The van der Waals surface area contributed by atoms with E-state index in [0.717, 1.165) is 14.7 Å². The molecule has 0 aromatic heterocycles. The Morgan fingerprint density at radius 1 is 1.00 bits per heavy atom. The Morgan fingerprint density at radius 2 is 1.62 bits per heavy atom. The minimum absolute atomic E-state index is 0.534. The molecule has 1 N–H and O–H groups in total. The molecule has 0 fully saturated rings. The smallest absolute Gasteiger partial charge is 0.105 e. The summed E-state index contributed by atoms with van der Waals surface area (Å²) >= 11 is 2.25. The first-order valence-corrected chi connectivity index (χ1v) is 6.25. The van der Waals surface area contributed by atoms with Crippen LogP contribution in [0.3, 0.4) is 0 Å². The molecule has 1 atom stereocenters. The van der Waals surface area contributed by atoms with Crippen LogP contribution in [0.4, 0.5) is 0 Å². The van der Waals surface area contributed by atoms with E-state index < -0.39 is 6.10 Å². The number of aliphatic hydroxyl groups is 1. The third kappa shape index (κ3) is 2.44. The molecule has 0 heterocycles. The van der Waals surface area contributed by atoms with Gasteiger partial charge < -0.3 is 5.11 Å². The van der Waals surface area contributed by atoms with Crippen molar-refractivity contribution in [1.29, 1.82) is 0 Å². The van der Waals surface area contributed by atoms with E-state index in [1.54, 1.807) is 0 Å². The summed E-state index contributed by atoms with van der Waals surface area (Å²) in [6.45, 7) is 2.04. The van der Waals surface area contributed by atoms with Gasteiger partial charge in [-0.3, -0.25) is 0 Å². The first-order chi connectivity index (χ1) is 7.68. The van der Waals surface area contributed by atoms with Crippen LogP contribution in [-0.2, 0) is 0 Å². The zero-order chi connectivity index (χ0) is 11.5. The minimum atomic E-state index is -0.534. The summed E-state index contributed by atoms with van der Waals surface area (Å²) in [4.78, 5) is 0. The van der Waals surface area contributed by atoms with Crippen LogP contribution in [0.25, 0.3) is 0 Å². The van der Waals surface area contributed by atoms with Crippen molar-refractivity contribution in [3.63, 3.8) is 0 Å². The molecule has 2 aromatic rings. The number of hydrogen-bond donors (Lipinski definition) is 1. The fourth-order valence-electron chi connectivity index (χ4n) is 1.63. The van der Waals surface area contributed by atoms with Gasteiger partial charge >= 0.3 is 0 Å². The molecule has 0 radical (unpaired) electrons. The van der Waals surface area contributed by atoms with Crippen molar-refractivity contribution in [2.24, 2.45) is 0 Å². The predicted octanol–water partition coefficient (Wildman–Crippen LogP) is 3.68. The van der Waals surface area contributed by atoms with Gasteiger partial charge in [0.05, 0.1) is 0 Å². The average molecular weight is 324 g/mol. The van der Waals surface area contributed by atoms with Gasteiger partial charge in [-0.25, -0.2) is 0 Å². The Balaban J connectivity index is 2.35. The van der Waals surface area contributed by atoms with Crippen molar-refractivity contribution in [3.05, 3.63) is 68.8 Å². The lowest BCUT2D eigenvalue weighted by atomic mass is 10.0. The predicted molar refractivity (Wildman–Crippen MR) is 74.4 cm³/mol. The van der Waals surface area contributed by atoms with Gasteiger partial charge in [-0.1, -0.05) is 48.0 Å². The van der Waals surface area contributed by atoms with Gasteiger partial charge in [0.25, 0.3) is 0 Å². The van der Waals surface area contributed by atoms with E-state index in [-0.39, 0.29) is 0 Å². The maximum atomic E-state index is 10.3. The highest BCUT2D eigenvalue weighted by Gasteiger charge is 2.12. The van der Waals surface area contributed by atoms with E-state index in [0.29, 0.717) is 0 Å². The quantitative estimate of drug-likeness (QED) is 0.836. The Kier molecular flexibility index (Phi) is 3.61. The first-order valence-electron chi connectivity index (χ1n) is 5.17. The fourth-order valence-corrected chi connectivity index (χ4v) is 2.31. The van der Waals surface area contributed by atoms with Gasteiger partial charge in [0, 0.05) is 3.57 Å². The van der Waals surface area contributed by atoms with Crippen LogP contribution in [0.1, 0.15) is 22.8 Å². The number of benzene rings is 2. The van der Waals surface area contributed by atoms with Crippen LogP contribution in [0.15, 0.2) is 48.5 Å². The van der Waals surface area contributed by atoms with Gasteiger partial charge in [-0.05, 0) is 46.7 Å². The monoisotopic (exact) mass is 324 g/mol. The lowest BCUT2D eigenvalue weighted by molar-refractivity contribution is 0.219. The van der Waals surface area contributed by atoms with Crippen LogP contribution >= 0.6 is 22.6 Å². The Bertz CT molecular complexity index is 476.